The molecule has 10 heteroatoms. The number of nitrogens with two attached hydrogens (primary N) is 1. The third kappa shape index (κ3) is 7.09. The van der Waals surface area contributed by atoms with Crippen LogP contribution in [0.1, 0.15) is 23.2 Å². The van der Waals surface area contributed by atoms with Crippen molar-refractivity contribution in [3.05, 3.63) is 54.1 Å². The van der Waals surface area contributed by atoms with E-state index < -0.39 is 17.9 Å². The second-order valence-corrected chi connectivity index (χ2v) is 7.86. The van der Waals surface area contributed by atoms with Crippen LogP contribution in [0, 0.1) is 0 Å². The lowest BCUT2D eigenvalue weighted by atomic mass is 10.0. The molecule has 8 N–H and O–H groups in total. The largest absolute Gasteiger partial charge is 0.339 e. The molecule has 2 aromatic carbocycles. The Labute approximate surface area is 192 Å². The van der Waals surface area contributed by atoms with E-state index in [1.165, 1.54) is 5.48 Å². The number of hydroxylamine groups is 1. The Morgan fingerprint density at radius 3 is 2.30 bits per heavy atom. The van der Waals surface area contributed by atoms with Crippen LogP contribution in [0.25, 0.3) is 11.1 Å². The smallest absolute Gasteiger partial charge is 0.267 e. The van der Waals surface area contributed by atoms with Crippen molar-refractivity contribution < 1.29 is 19.6 Å². The molecule has 0 spiro atoms. The summed E-state index contributed by atoms with van der Waals surface area (Å²) in [6.45, 7) is 2.04. The molecule has 0 aromatic heterocycles. The van der Waals surface area contributed by atoms with E-state index in [0.717, 1.165) is 37.1 Å². The van der Waals surface area contributed by atoms with E-state index in [-0.39, 0.29) is 19.0 Å². The number of rotatable bonds is 9. The van der Waals surface area contributed by atoms with Crippen LogP contribution in [-0.4, -0.2) is 61.2 Å². The van der Waals surface area contributed by atoms with Crippen LogP contribution in [0.15, 0.2) is 48.5 Å². The first-order chi connectivity index (χ1) is 16.0. The second kappa shape index (κ2) is 12.1. The summed E-state index contributed by atoms with van der Waals surface area (Å²) >= 11 is 0. The Morgan fingerprint density at radius 1 is 1.06 bits per heavy atom. The minimum Gasteiger partial charge on any atom is -0.339 e. The molecular weight excluding hydrogens is 424 g/mol. The van der Waals surface area contributed by atoms with Gasteiger partial charge in [0.25, 0.3) is 11.8 Å². The highest BCUT2D eigenvalue weighted by molar-refractivity contribution is 5.98. The van der Waals surface area contributed by atoms with E-state index >= 15 is 0 Å². The zero-order valence-electron chi connectivity index (χ0n) is 18.3. The molecule has 10 nitrogen and oxygen atoms in total. The summed E-state index contributed by atoms with van der Waals surface area (Å²) in [6, 6.07) is 13.6. The normalized spacial score (nSPS) is 16.5. The number of carbonyl (C=O) groups is 3. The van der Waals surface area contributed by atoms with Crippen molar-refractivity contribution in [3.63, 3.8) is 0 Å². The van der Waals surface area contributed by atoms with Crippen molar-refractivity contribution in [2.24, 2.45) is 5.73 Å². The molecule has 1 aliphatic rings. The van der Waals surface area contributed by atoms with Crippen LogP contribution in [0.5, 0.6) is 0 Å². The highest BCUT2D eigenvalue weighted by atomic mass is 16.5. The molecule has 2 aromatic rings. The number of anilines is 1. The van der Waals surface area contributed by atoms with E-state index in [9.17, 15) is 14.4 Å². The SMILES string of the molecule is NC[C@H](NC(=O)c1ccc(-c2ccc(NC(=O)CNC3CCCNC3)cc2)cc1)C(=O)NO. The van der Waals surface area contributed by atoms with Crippen LogP contribution < -0.4 is 32.5 Å². The average Bonchev–Trinajstić information content (AvgIpc) is 2.86. The van der Waals surface area contributed by atoms with Gasteiger partial charge in [-0.2, -0.15) is 0 Å². The van der Waals surface area contributed by atoms with Crippen molar-refractivity contribution in [2.75, 3.05) is 31.5 Å². The molecule has 3 amide bonds. The lowest BCUT2D eigenvalue weighted by molar-refractivity contribution is -0.130. The first kappa shape index (κ1) is 24.3. The Hall–Kier alpha value is -3.31. The van der Waals surface area contributed by atoms with Gasteiger partial charge in [-0.3, -0.25) is 19.6 Å². The molecule has 2 atom stereocenters. The minimum absolute atomic E-state index is 0.0886. The van der Waals surface area contributed by atoms with Gasteiger partial charge in [-0.05, 0) is 54.8 Å². The van der Waals surface area contributed by atoms with Gasteiger partial charge in [-0.15, -0.1) is 0 Å². The van der Waals surface area contributed by atoms with Crippen LogP contribution in [0.4, 0.5) is 5.69 Å². The van der Waals surface area contributed by atoms with Crippen molar-refractivity contribution in [2.45, 2.75) is 24.9 Å². The zero-order valence-corrected chi connectivity index (χ0v) is 18.3. The molecule has 1 unspecified atom stereocenters. The van der Waals surface area contributed by atoms with E-state index in [0.29, 0.717) is 17.3 Å². The maximum atomic E-state index is 12.3. The molecule has 1 saturated heterocycles. The number of amides is 3. The summed E-state index contributed by atoms with van der Waals surface area (Å²) < 4.78 is 0. The first-order valence-corrected chi connectivity index (χ1v) is 10.9. The monoisotopic (exact) mass is 454 g/mol. The molecular formula is C23H30N6O4. The predicted molar refractivity (Wildman–Crippen MR) is 125 cm³/mol. The summed E-state index contributed by atoms with van der Waals surface area (Å²) in [6.07, 6.45) is 2.18. The van der Waals surface area contributed by atoms with Gasteiger partial charge >= 0.3 is 0 Å². The van der Waals surface area contributed by atoms with Gasteiger partial charge in [0.2, 0.25) is 5.91 Å². The maximum Gasteiger partial charge on any atom is 0.267 e. The summed E-state index contributed by atoms with van der Waals surface area (Å²) in [5.41, 5.74) is 9.80. The quantitative estimate of drug-likeness (QED) is 0.211. The molecule has 0 aliphatic carbocycles. The van der Waals surface area contributed by atoms with Crippen LogP contribution in [-0.2, 0) is 9.59 Å². The van der Waals surface area contributed by atoms with Crippen molar-refractivity contribution >= 4 is 23.4 Å². The standard InChI is InChI=1S/C23H30N6O4/c24-12-20(23(32)29-33)28-22(31)17-5-3-15(4-6-17)16-7-9-18(10-8-16)27-21(30)14-26-19-2-1-11-25-13-19/h3-10,19-20,25-26,33H,1-2,11-14,24H2,(H,27,30)(H,28,31)(H,29,32)/t19?,20-/m0/s1. The lowest BCUT2D eigenvalue weighted by Crippen LogP contribution is -2.50. The molecule has 3 rings (SSSR count). The second-order valence-electron chi connectivity index (χ2n) is 7.86. The lowest BCUT2D eigenvalue weighted by Gasteiger charge is -2.23. The topological polar surface area (TPSA) is 158 Å². The maximum absolute atomic E-state index is 12.3. The fourth-order valence-corrected chi connectivity index (χ4v) is 3.58. The number of piperidine rings is 1. The molecule has 176 valence electrons. The Kier molecular flexibility index (Phi) is 8.90. The third-order valence-corrected chi connectivity index (χ3v) is 5.46. The van der Waals surface area contributed by atoms with E-state index in [1.54, 1.807) is 24.3 Å². The number of nitrogens with one attached hydrogen (secondary N) is 5. The minimum atomic E-state index is -1.03. The van der Waals surface area contributed by atoms with Crippen molar-refractivity contribution in [1.29, 1.82) is 0 Å². The van der Waals surface area contributed by atoms with E-state index in [2.05, 4.69) is 21.3 Å². The van der Waals surface area contributed by atoms with Gasteiger partial charge < -0.3 is 27.0 Å². The molecule has 0 bridgehead atoms. The summed E-state index contributed by atoms with van der Waals surface area (Å²) in [5.74, 6) is -1.35. The van der Waals surface area contributed by atoms with Crippen LogP contribution in [0.3, 0.4) is 0 Å². The molecule has 0 saturated carbocycles. The van der Waals surface area contributed by atoms with Gasteiger partial charge in [-0.1, -0.05) is 24.3 Å². The molecule has 1 heterocycles. The number of carbonyl (C=O) groups excluding carboxylic acids is 3. The predicted octanol–water partition coefficient (Wildman–Crippen LogP) is 0.196. The fraction of sp³-hybridized carbons (Fsp3) is 0.348. The van der Waals surface area contributed by atoms with E-state index in [1.807, 2.05) is 24.3 Å². The van der Waals surface area contributed by atoms with Gasteiger partial charge in [0.05, 0.1) is 6.54 Å². The molecule has 1 aliphatic heterocycles. The third-order valence-electron chi connectivity index (χ3n) is 5.46. The molecule has 0 radical (unpaired) electrons. The Morgan fingerprint density at radius 2 is 1.73 bits per heavy atom. The van der Waals surface area contributed by atoms with Crippen molar-refractivity contribution in [1.82, 2.24) is 21.4 Å². The van der Waals surface area contributed by atoms with Crippen LogP contribution in [0.2, 0.25) is 0 Å². The highest BCUT2D eigenvalue weighted by Crippen LogP contribution is 2.22. The number of hydrogen-bond acceptors (Lipinski definition) is 7. The van der Waals surface area contributed by atoms with Gasteiger partial charge in [0, 0.05) is 30.4 Å². The van der Waals surface area contributed by atoms with Crippen molar-refractivity contribution in [3.8, 4) is 11.1 Å². The number of hydrogen-bond donors (Lipinski definition) is 7. The van der Waals surface area contributed by atoms with Gasteiger partial charge in [0.15, 0.2) is 0 Å². The summed E-state index contributed by atoms with van der Waals surface area (Å²) in [4.78, 5) is 36.0. The fourth-order valence-electron chi connectivity index (χ4n) is 3.58. The average molecular weight is 455 g/mol. The molecule has 1 fully saturated rings. The summed E-state index contributed by atoms with van der Waals surface area (Å²) in [7, 11) is 0. The van der Waals surface area contributed by atoms with Gasteiger partial charge in [-0.25, -0.2) is 5.48 Å². The van der Waals surface area contributed by atoms with Gasteiger partial charge in [0.1, 0.15) is 6.04 Å². The Balaban J connectivity index is 1.53. The summed E-state index contributed by atoms with van der Waals surface area (Å²) in [5, 5.41) is 20.6. The highest BCUT2D eigenvalue weighted by Gasteiger charge is 2.19. The zero-order chi connectivity index (χ0) is 23.6. The first-order valence-electron chi connectivity index (χ1n) is 10.9. The molecule has 33 heavy (non-hydrogen) atoms. The van der Waals surface area contributed by atoms with E-state index in [4.69, 9.17) is 10.9 Å². The Bertz CT molecular complexity index is 942. The van der Waals surface area contributed by atoms with Crippen LogP contribution >= 0.6 is 0 Å². The number of benzene rings is 2.